The van der Waals surface area contributed by atoms with Gasteiger partial charge in [0.2, 0.25) is 0 Å². The minimum Gasteiger partial charge on any atom is -0.275 e. The molecule has 2 heterocycles. The van der Waals surface area contributed by atoms with Crippen molar-refractivity contribution in [3.05, 3.63) is 186 Å². The van der Waals surface area contributed by atoms with Crippen LogP contribution in [0.1, 0.15) is 0 Å². The van der Waals surface area contributed by atoms with Crippen LogP contribution in [-0.2, 0) is 0 Å². The van der Waals surface area contributed by atoms with Crippen LogP contribution >= 0.6 is 0 Å². The Morgan fingerprint density at radius 2 is 0.647 bits per heavy atom. The molecule has 0 aliphatic heterocycles. The minimum atomic E-state index is 0.0341. The maximum atomic E-state index is 13.8. The highest BCUT2D eigenvalue weighted by Gasteiger charge is 2.17. The van der Waals surface area contributed by atoms with Crippen molar-refractivity contribution in [2.24, 2.45) is 0 Å². The maximum Gasteiger partial charge on any atom is 0.263 e. The van der Waals surface area contributed by atoms with Gasteiger partial charge in [0.05, 0.1) is 11.0 Å². The number of aromatic nitrogens is 1. The van der Waals surface area contributed by atoms with Crippen LogP contribution in [0.5, 0.6) is 0 Å². The van der Waals surface area contributed by atoms with E-state index in [1.165, 1.54) is 54.6 Å². The molecule has 0 N–H and O–H groups in total. The topological polar surface area (TPSA) is 21.5 Å². The first-order valence-electron chi connectivity index (χ1n) is 17.5. The molecule has 0 unspecified atom stereocenters. The normalized spacial score (nSPS) is 12.0. The highest BCUT2D eigenvalue weighted by molar-refractivity contribution is 6.26. The zero-order valence-electron chi connectivity index (χ0n) is 27.6. The second-order valence-corrected chi connectivity index (χ2v) is 13.6. The average molecular weight is 648 g/mol. The lowest BCUT2D eigenvalue weighted by Crippen LogP contribution is -2.12. The molecule has 0 saturated heterocycles. The van der Waals surface area contributed by atoms with Crippen LogP contribution in [0.25, 0.3) is 104 Å². The predicted octanol–water partition coefficient (Wildman–Crippen LogP) is 12.7. The highest BCUT2D eigenvalue weighted by atomic mass is 16.1. The monoisotopic (exact) mass is 647 g/mol. The predicted molar refractivity (Wildman–Crippen MR) is 216 cm³/mol. The van der Waals surface area contributed by atoms with Crippen molar-refractivity contribution in [1.82, 2.24) is 4.40 Å². The molecule has 2 heteroatoms. The number of hydrogen-bond acceptors (Lipinski definition) is 1. The Hall–Kier alpha value is -6.77. The zero-order chi connectivity index (χ0) is 33.6. The van der Waals surface area contributed by atoms with Gasteiger partial charge in [0, 0.05) is 21.5 Å². The van der Waals surface area contributed by atoms with Gasteiger partial charge in [0.15, 0.2) is 0 Å². The summed E-state index contributed by atoms with van der Waals surface area (Å²) in [5.41, 5.74) is 8.98. The molecule has 0 spiro atoms. The maximum absolute atomic E-state index is 13.8. The summed E-state index contributed by atoms with van der Waals surface area (Å²) in [4.78, 5) is 13.8. The third-order valence-corrected chi connectivity index (χ3v) is 10.9. The first kappa shape index (κ1) is 28.1. The number of hydrogen-bond donors (Lipinski definition) is 0. The summed E-state index contributed by atoms with van der Waals surface area (Å²) in [7, 11) is 0. The van der Waals surface area contributed by atoms with Crippen LogP contribution in [0.15, 0.2) is 181 Å². The molecule has 0 aliphatic rings. The summed E-state index contributed by atoms with van der Waals surface area (Å²) in [5, 5.41) is 12.8. The lowest BCUT2D eigenvalue weighted by atomic mass is 9.91. The van der Waals surface area contributed by atoms with Crippen molar-refractivity contribution < 1.29 is 0 Å². The number of fused-ring (bicyclic) bond motifs is 11. The van der Waals surface area contributed by atoms with Crippen molar-refractivity contribution in [3.63, 3.8) is 0 Å². The molecule has 2 nitrogen and oxygen atoms in total. The minimum absolute atomic E-state index is 0.0341. The van der Waals surface area contributed by atoms with Crippen molar-refractivity contribution in [2.75, 3.05) is 0 Å². The molecular formula is C49H29NO. The van der Waals surface area contributed by atoms with Crippen LogP contribution in [0, 0.1) is 0 Å². The molecule has 0 saturated carbocycles. The van der Waals surface area contributed by atoms with Crippen molar-refractivity contribution in [1.29, 1.82) is 0 Å². The Morgan fingerprint density at radius 3 is 1.22 bits per heavy atom. The fourth-order valence-electron chi connectivity index (χ4n) is 8.55. The number of rotatable bonds is 3. The molecule has 0 amide bonds. The number of nitrogens with zero attached hydrogens (tertiary/aromatic N) is 1. The Morgan fingerprint density at radius 1 is 0.275 bits per heavy atom. The standard InChI is InChI=1S/C49H29NO/c51-49-44-19-6-5-18-40(44)42-20-9-21-43-46-29-35(23-25-47(46)50(49)48(42)43)33-13-8-11-31(27-33)30-10-7-12-32(26-30)34-22-24-41-38-16-2-1-14-36(38)37-15-3-4-17-39(37)45(41)28-34/h1-29H. The van der Waals surface area contributed by atoms with Gasteiger partial charge in [-0.05, 0) is 107 Å². The lowest BCUT2D eigenvalue weighted by molar-refractivity contribution is 1.21. The van der Waals surface area contributed by atoms with Crippen LogP contribution in [0.2, 0.25) is 0 Å². The van der Waals surface area contributed by atoms with Gasteiger partial charge < -0.3 is 0 Å². The summed E-state index contributed by atoms with van der Waals surface area (Å²) >= 11 is 0. The molecular weight excluding hydrogens is 619 g/mol. The zero-order valence-corrected chi connectivity index (χ0v) is 27.6. The fourth-order valence-corrected chi connectivity index (χ4v) is 8.55. The van der Waals surface area contributed by atoms with E-state index < -0.39 is 0 Å². The van der Waals surface area contributed by atoms with Crippen molar-refractivity contribution in [3.8, 4) is 33.4 Å². The molecule has 0 radical (unpaired) electrons. The lowest BCUT2D eigenvalue weighted by Gasteiger charge is -2.13. The second-order valence-electron chi connectivity index (χ2n) is 13.6. The summed E-state index contributed by atoms with van der Waals surface area (Å²) in [6.45, 7) is 0. The molecule has 0 bridgehead atoms. The Bertz CT molecular complexity index is 3240. The third kappa shape index (κ3) is 4.08. The van der Waals surface area contributed by atoms with Crippen LogP contribution < -0.4 is 5.56 Å². The molecule has 9 aromatic carbocycles. The summed E-state index contributed by atoms with van der Waals surface area (Å²) in [6, 6.07) is 62.9. The Kier molecular flexibility index (Phi) is 5.85. The van der Waals surface area contributed by atoms with Crippen LogP contribution in [0.3, 0.4) is 0 Å². The van der Waals surface area contributed by atoms with Crippen LogP contribution in [0.4, 0.5) is 0 Å². The second kappa shape index (κ2) is 10.6. The van der Waals surface area contributed by atoms with E-state index in [2.05, 4.69) is 158 Å². The van der Waals surface area contributed by atoms with E-state index in [1.807, 2.05) is 22.6 Å². The van der Waals surface area contributed by atoms with Crippen molar-refractivity contribution in [2.45, 2.75) is 0 Å². The molecule has 11 rings (SSSR count). The average Bonchev–Trinajstić information content (AvgIpc) is 3.54. The van der Waals surface area contributed by atoms with Gasteiger partial charge in [-0.1, -0.05) is 140 Å². The first-order valence-corrected chi connectivity index (χ1v) is 17.5. The first-order chi connectivity index (χ1) is 25.2. The van der Waals surface area contributed by atoms with Crippen LogP contribution in [-0.4, -0.2) is 4.40 Å². The third-order valence-electron chi connectivity index (χ3n) is 10.9. The van der Waals surface area contributed by atoms with Gasteiger partial charge in [0.25, 0.3) is 5.56 Å². The van der Waals surface area contributed by atoms with Gasteiger partial charge >= 0.3 is 0 Å². The van der Waals surface area contributed by atoms with Gasteiger partial charge in [-0.25, -0.2) is 0 Å². The molecule has 2 aromatic heterocycles. The van der Waals surface area contributed by atoms with E-state index in [0.717, 1.165) is 49.1 Å². The molecule has 0 fully saturated rings. The van der Waals surface area contributed by atoms with Gasteiger partial charge in [-0.3, -0.25) is 9.20 Å². The largest absolute Gasteiger partial charge is 0.275 e. The van der Waals surface area contributed by atoms with E-state index in [0.29, 0.717) is 0 Å². The smallest absolute Gasteiger partial charge is 0.263 e. The van der Waals surface area contributed by atoms with Gasteiger partial charge in [-0.15, -0.1) is 0 Å². The van der Waals surface area contributed by atoms with E-state index in [-0.39, 0.29) is 5.56 Å². The molecule has 0 aliphatic carbocycles. The quantitative estimate of drug-likeness (QED) is 0.175. The molecule has 51 heavy (non-hydrogen) atoms. The van der Waals surface area contributed by atoms with E-state index in [1.54, 1.807) is 0 Å². The Balaban J connectivity index is 1.03. The SMILES string of the molecule is O=c1c2ccccc2c2cccc3c4cc(-c5cccc(-c6cccc(-c7ccc8c9ccccc9c9ccccc9c8c7)c6)c5)ccc4n1c23. The molecule has 11 aromatic rings. The number of benzene rings is 9. The number of para-hydroxylation sites is 1. The molecule has 236 valence electrons. The summed E-state index contributed by atoms with van der Waals surface area (Å²) in [6.07, 6.45) is 0. The highest BCUT2D eigenvalue weighted by Crippen LogP contribution is 2.39. The molecule has 0 atom stereocenters. The van der Waals surface area contributed by atoms with Crippen molar-refractivity contribution >= 4 is 70.3 Å². The van der Waals surface area contributed by atoms with Gasteiger partial charge in [-0.2, -0.15) is 0 Å². The van der Waals surface area contributed by atoms with E-state index in [4.69, 9.17) is 0 Å². The number of pyridine rings is 1. The van der Waals surface area contributed by atoms with Gasteiger partial charge in [0.1, 0.15) is 0 Å². The van der Waals surface area contributed by atoms with E-state index >= 15 is 0 Å². The summed E-state index contributed by atoms with van der Waals surface area (Å²) in [5.74, 6) is 0. The summed E-state index contributed by atoms with van der Waals surface area (Å²) < 4.78 is 1.91. The van der Waals surface area contributed by atoms with E-state index in [9.17, 15) is 4.79 Å². The Labute approximate surface area is 293 Å². The fraction of sp³-hybridized carbons (Fsp3) is 0.